The maximum absolute atomic E-state index is 12.7. The van der Waals surface area contributed by atoms with Gasteiger partial charge in [-0.2, -0.15) is 4.31 Å². The number of benzene rings is 1. The first-order valence-corrected chi connectivity index (χ1v) is 11.1. The highest BCUT2D eigenvalue weighted by Gasteiger charge is 2.29. The van der Waals surface area contributed by atoms with Crippen LogP contribution in [0.1, 0.15) is 69.7 Å². The Balaban J connectivity index is 2.13. The van der Waals surface area contributed by atoms with Crippen LogP contribution < -0.4 is 5.32 Å². The summed E-state index contributed by atoms with van der Waals surface area (Å²) in [6.07, 6.45) is 6.82. The number of sulfonamides is 1. The Hall–Kier alpha value is -1.40. The zero-order valence-electron chi connectivity index (χ0n) is 16.4. The van der Waals surface area contributed by atoms with Gasteiger partial charge in [0.25, 0.3) is 5.91 Å². The van der Waals surface area contributed by atoms with Crippen LogP contribution in [0.5, 0.6) is 0 Å². The molecule has 1 N–H and O–H groups in total. The molecular formula is C20H32N2O3S. The molecule has 0 heterocycles. The van der Waals surface area contributed by atoms with Crippen LogP contribution in [0, 0.1) is 5.92 Å². The van der Waals surface area contributed by atoms with Crippen LogP contribution in [-0.2, 0) is 10.0 Å². The lowest BCUT2D eigenvalue weighted by Crippen LogP contribution is -2.37. The predicted molar refractivity (Wildman–Crippen MR) is 105 cm³/mol. The third-order valence-electron chi connectivity index (χ3n) is 5.40. The molecule has 0 aliphatic heterocycles. The number of carbonyl (C=O) groups excluding carboxylic acids is 1. The highest BCUT2D eigenvalue weighted by molar-refractivity contribution is 7.89. The van der Waals surface area contributed by atoms with Crippen LogP contribution >= 0.6 is 0 Å². The van der Waals surface area contributed by atoms with Crippen molar-refractivity contribution in [1.82, 2.24) is 9.62 Å². The average Bonchev–Trinajstić information content (AvgIpc) is 3.06. The van der Waals surface area contributed by atoms with Gasteiger partial charge in [0.05, 0.1) is 4.90 Å². The first-order chi connectivity index (χ1) is 12.3. The van der Waals surface area contributed by atoms with E-state index in [9.17, 15) is 13.2 Å². The molecule has 1 aliphatic rings. The summed E-state index contributed by atoms with van der Waals surface area (Å²) in [7, 11) is -2.03. The highest BCUT2D eigenvalue weighted by atomic mass is 32.2. The lowest BCUT2D eigenvalue weighted by molar-refractivity contribution is 0.0926. The third kappa shape index (κ3) is 4.86. The van der Waals surface area contributed by atoms with Crippen LogP contribution in [-0.4, -0.2) is 37.8 Å². The molecule has 146 valence electrons. The lowest BCUT2D eigenvalue weighted by Gasteiger charge is -2.22. The van der Waals surface area contributed by atoms with Crippen LogP contribution in [0.4, 0.5) is 0 Å². The van der Waals surface area contributed by atoms with Gasteiger partial charge in [-0.15, -0.1) is 0 Å². The van der Waals surface area contributed by atoms with Crippen molar-refractivity contribution in [2.75, 3.05) is 7.05 Å². The molecule has 5 nitrogen and oxygen atoms in total. The summed E-state index contributed by atoms with van der Waals surface area (Å²) >= 11 is 0. The van der Waals surface area contributed by atoms with Crippen molar-refractivity contribution in [3.63, 3.8) is 0 Å². The minimum absolute atomic E-state index is 0.143. The second kappa shape index (κ2) is 9.00. The molecule has 26 heavy (non-hydrogen) atoms. The van der Waals surface area contributed by atoms with Crippen molar-refractivity contribution in [2.45, 2.75) is 76.3 Å². The largest absolute Gasteiger partial charge is 0.349 e. The van der Waals surface area contributed by atoms with Gasteiger partial charge in [-0.3, -0.25) is 4.79 Å². The van der Waals surface area contributed by atoms with E-state index in [1.807, 2.05) is 13.8 Å². The third-order valence-corrected chi connectivity index (χ3v) is 7.43. The van der Waals surface area contributed by atoms with Gasteiger partial charge in [0.15, 0.2) is 0 Å². The van der Waals surface area contributed by atoms with E-state index in [2.05, 4.69) is 12.2 Å². The minimum Gasteiger partial charge on any atom is -0.349 e. The van der Waals surface area contributed by atoms with Crippen molar-refractivity contribution < 1.29 is 13.2 Å². The first kappa shape index (κ1) is 20.9. The number of unbranched alkanes of at least 4 members (excludes halogenated alkanes) is 1. The smallest absolute Gasteiger partial charge is 0.251 e. The zero-order valence-corrected chi connectivity index (χ0v) is 17.2. The van der Waals surface area contributed by atoms with E-state index in [0.29, 0.717) is 11.5 Å². The molecule has 0 aromatic heterocycles. The van der Waals surface area contributed by atoms with Crippen LogP contribution in [0.3, 0.4) is 0 Å². The summed E-state index contributed by atoms with van der Waals surface area (Å²) in [6, 6.07) is 6.41. The molecule has 6 heteroatoms. The molecule has 1 amide bonds. The molecule has 1 aliphatic carbocycles. The maximum atomic E-state index is 12.7. The van der Waals surface area contributed by atoms with Gasteiger partial charge in [0.2, 0.25) is 10.0 Å². The summed E-state index contributed by atoms with van der Waals surface area (Å²) in [6.45, 7) is 5.83. The molecule has 1 aromatic carbocycles. The topological polar surface area (TPSA) is 66.5 Å². The molecule has 2 rings (SSSR count). The Morgan fingerprint density at radius 1 is 1.31 bits per heavy atom. The molecule has 0 bridgehead atoms. The number of nitrogens with one attached hydrogen (secondary N) is 1. The minimum atomic E-state index is -3.59. The fourth-order valence-corrected chi connectivity index (χ4v) is 4.95. The van der Waals surface area contributed by atoms with Gasteiger partial charge in [0.1, 0.15) is 0 Å². The van der Waals surface area contributed by atoms with Crippen LogP contribution in [0.15, 0.2) is 29.2 Å². The van der Waals surface area contributed by atoms with E-state index in [1.54, 1.807) is 25.2 Å². The van der Waals surface area contributed by atoms with Gasteiger partial charge in [0, 0.05) is 24.7 Å². The van der Waals surface area contributed by atoms with Crippen molar-refractivity contribution in [1.29, 1.82) is 0 Å². The number of amides is 1. The Morgan fingerprint density at radius 3 is 2.69 bits per heavy atom. The number of hydrogen-bond acceptors (Lipinski definition) is 3. The van der Waals surface area contributed by atoms with E-state index in [1.165, 1.54) is 29.6 Å². The number of nitrogens with zero attached hydrogens (tertiary/aromatic N) is 1. The average molecular weight is 381 g/mol. The first-order valence-electron chi connectivity index (χ1n) is 9.66. The fourth-order valence-electron chi connectivity index (χ4n) is 3.53. The van der Waals surface area contributed by atoms with Gasteiger partial charge >= 0.3 is 0 Å². The highest BCUT2D eigenvalue weighted by Crippen LogP contribution is 2.30. The summed E-state index contributed by atoms with van der Waals surface area (Å²) in [4.78, 5) is 12.8. The van der Waals surface area contributed by atoms with Crippen LogP contribution in [0.2, 0.25) is 0 Å². The van der Waals surface area contributed by atoms with E-state index < -0.39 is 10.0 Å². The fraction of sp³-hybridized carbons (Fsp3) is 0.650. The van der Waals surface area contributed by atoms with Gasteiger partial charge < -0.3 is 5.32 Å². The summed E-state index contributed by atoms with van der Waals surface area (Å²) in [5.41, 5.74) is 0.407. The SMILES string of the molecule is CCCCC1CCCC1NC(=O)c1cccc(S(=O)(=O)N(C)C(C)C)c1. The molecule has 1 fully saturated rings. The molecule has 0 radical (unpaired) electrons. The summed E-state index contributed by atoms with van der Waals surface area (Å²) in [5, 5.41) is 3.14. The van der Waals surface area contributed by atoms with Gasteiger partial charge in [-0.25, -0.2) is 8.42 Å². The quantitative estimate of drug-likeness (QED) is 0.746. The van der Waals surface area contributed by atoms with E-state index in [0.717, 1.165) is 19.3 Å². The normalized spacial score (nSPS) is 20.7. The summed E-state index contributed by atoms with van der Waals surface area (Å²) in [5.74, 6) is 0.362. The van der Waals surface area contributed by atoms with Crippen molar-refractivity contribution in [3.8, 4) is 0 Å². The molecule has 2 unspecified atom stereocenters. The zero-order chi connectivity index (χ0) is 19.3. The van der Waals surface area contributed by atoms with Crippen molar-refractivity contribution >= 4 is 15.9 Å². The Bertz CT molecular complexity index is 716. The van der Waals surface area contributed by atoms with E-state index in [4.69, 9.17) is 0 Å². The van der Waals surface area contributed by atoms with E-state index in [-0.39, 0.29) is 22.9 Å². The molecular weight excluding hydrogens is 348 g/mol. The Labute approximate surface area is 158 Å². The standard InChI is InChI=1S/C20H32N2O3S/c1-5-6-9-16-10-8-13-19(16)21-20(23)17-11-7-12-18(14-17)26(24,25)22(4)15(2)3/h7,11-12,14-16,19H,5-6,8-10,13H2,1-4H3,(H,21,23). The molecule has 0 spiro atoms. The number of hydrogen-bond donors (Lipinski definition) is 1. The maximum Gasteiger partial charge on any atom is 0.251 e. The second-order valence-electron chi connectivity index (χ2n) is 7.56. The van der Waals surface area contributed by atoms with Gasteiger partial charge in [-0.05, 0) is 57.2 Å². The monoisotopic (exact) mass is 380 g/mol. The Morgan fingerprint density at radius 2 is 2.04 bits per heavy atom. The lowest BCUT2D eigenvalue weighted by atomic mass is 9.96. The number of carbonyl (C=O) groups is 1. The molecule has 1 saturated carbocycles. The molecule has 2 atom stereocenters. The van der Waals surface area contributed by atoms with Crippen molar-refractivity contribution in [2.24, 2.45) is 5.92 Å². The predicted octanol–water partition coefficient (Wildman–Crippen LogP) is 3.80. The second-order valence-corrected chi connectivity index (χ2v) is 9.55. The van der Waals surface area contributed by atoms with Crippen LogP contribution in [0.25, 0.3) is 0 Å². The van der Waals surface area contributed by atoms with E-state index >= 15 is 0 Å². The van der Waals surface area contributed by atoms with Crippen molar-refractivity contribution in [3.05, 3.63) is 29.8 Å². The van der Waals surface area contributed by atoms with Gasteiger partial charge in [-0.1, -0.05) is 32.3 Å². The Kier molecular flexibility index (Phi) is 7.24. The molecule has 1 aromatic rings. The summed E-state index contributed by atoms with van der Waals surface area (Å²) < 4.78 is 26.6. The molecule has 0 saturated heterocycles. The number of rotatable bonds is 8.